The minimum absolute atomic E-state index is 0.130. The highest BCUT2D eigenvalue weighted by Gasteiger charge is 2.18. The summed E-state index contributed by atoms with van der Waals surface area (Å²) < 4.78 is 23.2. The van der Waals surface area contributed by atoms with Gasteiger partial charge in [-0.3, -0.25) is 9.59 Å². The summed E-state index contributed by atoms with van der Waals surface area (Å²) in [7, 11) is 0. The van der Waals surface area contributed by atoms with Crippen LogP contribution in [0.5, 0.6) is 5.75 Å². The van der Waals surface area contributed by atoms with Crippen molar-refractivity contribution in [2.24, 2.45) is 0 Å². The van der Waals surface area contributed by atoms with E-state index in [2.05, 4.69) is 5.32 Å². The van der Waals surface area contributed by atoms with Gasteiger partial charge in [0, 0.05) is 24.3 Å². The van der Waals surface area contributed by atoms with Crippen molar-refractivity contribution in [3.63, 3.8) is 0 Å². The third-order valence-corrected chi connectivity index (χ3v) is 4.25. The minimum atomic E-state index is -0.974. The van der Waals surface area contributed by atoms with Crippen molar-refractivity contribution in [2.75, 3.05) is 25.0 Å². The number of carbonyl (C=O) groups is 3. The van der Waals surface area contributed by atoms with Crippen molar-refractivity contribution in [3.05, 3.63) is 59.9 Å². The summed E-state index contributed by atoms with van der Waals surface area (Å²) in [5, 5.41) is 2.59. The number of hydrogen-bond acceptors (Lipinski definition) is 5. The number of amides is 2. The standard InChI is InChI=1S/C22H25FN2O5/c1-4-25(5-2)21(27)16-7-6-8-18(13-16)24-20(26)14-29-22(28)15(3)30-19-11-9-17(23)10-12-19/h6-13,15H,4-5,14H2,1-3H3,(H,24,26)/t15-/m1/s1. The number of hydrogen-bond donors (Lipinski definition) is 1. The number of anilines is 1. The van der Waals surface area contributed by atoms with Crippen LogP contribution in [0, 0.1) is 5.82 Å². The first kappa shape index (κ1) is 22.9. The summed E-state index contributed by atoms with van der Waals surface area (Å²) in [5.41, 5.74) is 0.875. The molecule has 0 heterocycles. The molecule has 2 amide bonds. The van der Waals surface area contributed by atoms with Gasteiger partial charge in [0.25, 0.3) is 11.8 Å². The van der Waals surface area contributed by atoms with Gasteiger partial charge in [0.05, 0.1) is 0 Å². The van der Waals surface area contributed by atoms with Crippen LogP contribution in [-0.2, 0) is 14.3 Å². The normalized spacial score (nSPS) is 11.3. The predicted octanol–water partition coefficient (Wildman–Crippen LogP) is 3.26. The summed E-state index contributed by atoms with van der Waals surface area (Å²) >= 11 is 0. The van der Waals surface area contributed by atoms with Gasteiger partial charge in [0.15, 0.2) is 12.7 Å². The van der Waals surface area contributed by atoms with Crippen LogP contribution in [0.4, 0.5) is 10.1 Å². The lowest BCUT2D eigenvalue weighted by molar-refractivity contribution is -0.153. The second-order valence-electron chi connectivity index (χ2n) is 6.43. The molecule has 0 aliphatic rings. The lowest BCUT2D eigenvalue weighted by Gasteiger charge is -2.19. The second kappa shape index (κ2) is 10.9. The number of carbonyl (C=O) groups excluding carboxylic acids is 3. The predicted molar refractivity (Wildman–Crippen MR) is 110 cm³/mol. The highest BCUT2D eigenvalue weighted by Crippen LogP contribution is 2.14. The molecular formula is C22H25FN2O5. The highest BCUT2D eigenvalue weighted by atomic mass is 19.1. The fourth-order valence-corrected chi connectivity index (χ4v) is 2.64. The Morgan fingerprint density at radius 3 is 2.37 bits per heavy atom. The molecule has 7 nitrogen and oxygen atoms in total. The van der Waals surface area contributed by atoms with Crippen LogP contribution in [-0.4, -0.2) is 48.5 Å². The third kappa shape index (κ3) is 6.58. The lowest BCUT2D eigenvalue weighted by atomic mass is 10.1. The Morgan fingerprint density at radius 2 is 1.73 bits per heavy atom. The van der Waals surface area contributed by atoms with Crippen LogP contribution < -0.4 is 10.1 Å². The van der Waals surface area contributed by atoms with Gasteiger partial charge < -0.3 is 19.7 Å². The Balaban J connectivity index is 1.86. The Morgan fingerprint density at radius 1 is 1.07 bits per heavy atom. The average Bonchev–Trinajstić information content (AvgIpc) is 2.74. The molecule has 1 atom stereocenters. The molecular weight excluding hydrogens is 391 g/mol. The maximum absolute atomic E-state index is 12.9. The smallest absolute Gasteiger partial charge is 0.347 e. The maximum atomic E-state index is 12.9. The molecule has 0 radical (unpaired) electrons. The zero-order valence-corrected chi connectivity index (χ0v) is 17.2. The molecule has 2 aromatic carbocycles. The second-order valence-corrected chi connectivity index (χ2v) is 6.43. The summed E-state index contributed by atoms with van der Waals surface area (Å²) in [6.07, 6.45) is -0.974. The molecule has 160 valence electrons. The lowest BCUT2D eigenvalue weighted by Crippen LogP contribution is -2.31. The summed E-state index contributed by atoms with van der Waals surface area (Å²) in [6, 6.07) is 11.7. The Bertz CT molecular complexity index is 881. The molecule has 0 fully saturated rings. The van der Waals surface area contributed by atoms with Crippen LogP contribution in [0.15, 0.2) is 48.5 Å². The van der Waals surface area contributed by atoms with Gasteiger partial charge in [-0.05, 0) is 63.2 Å². The number of ether oxygens (including phenoxy) is 2. The molecule has 8 heteroatoms. The minimum Gasteiger partial charge on any atom is -0.479 e. The number of nitrogens with one attached hydrogen (secondary N) is 1. The Labute approximate surface area is 174 Å². The van der Waals surface area contributed by atoms with E-state index in [0.29, 0.717) is 30.1 Å². The van der Waals surface area contributed by atoms with E-state index in [1.807, 2.05) is 13.8 Å². The van der Waals surface area contributed by atoms with E-state index in [1.165, 1.54) is 31.2 Å². The Kier molecular flexibility index (Phi) is 8.34. The van der Waals surface area contributed by atoms with Gasteiger partial charge in [0.2, 0.25) is 0 Å². The molecule has 0 aromatic heterocycles. The van der Waals surface area contributed by atoms with Gasteiger partial charge in [-0.25, -0.2) is 9.18 Å². The van der Waals surface area contributed by atoms with Crippen molar-refractivity contribution in [1.82, 2.24) is 4.90 Å². The van der Waals surface area contributed by atoms with E-state index in [-0.39, 0.29) is 5.91 Å². The SMILES string of the molecule is CCN(CC)C(=O)c1cccc(NC(=O)COC(=O)[C@@H](C)Oc2ccc(F)cc2)c1. The van der Waals surface area contributed by atoms with Gasteiger partial charge in [-0.2, -0.15) is 0 Å². The van der Waals surface area contributed by atoms with Crippen LogP contribution in [0.1, 0.15) is 31.1 Å². The molecule has 2 rings (SSSR count). The van der Waals surface area contributed by atoms with Gasteiger partial charge >= 0.3 is 5.97 Å². The first-order valence-corrected chi connectivity index (χ1v) is 9.62. The first-order chi connectivity index (χ1) is 14.3. The van der Waals surface area contributed by atoms with E-state index in [0.717, 1.165) is 0 Å². The molecule has 2 aromatic rings. The van der Waals surface area contributed by atoms with Gasteiger partial charge in [-0.1, -0.05) is 6.07 Å². The molecule has 0 saturated heterocycles. The van der Waals surface area contributed by atoms with Crippen molar-refractivity contribution in [3.8, 4) is 5.75 Å². The quantitative estimate of drug-likeness (QED) is 0.635. The van der Waals surface area contributed by atoms with Crippen molar-refractivity contribution in [2.45, 2.75) is 26.9 Å². The van der Waals surface area contributed by atoms with Gasteiger partial charge in [-0.15, -0.1) is 0 Å². The maximum Gasteiger partial charge on any atom is 0.347 e. The van der Waals surface area contributed by atoms with Crippen LogP contribution in [0.25, 0.3) is 0 Å². The summed E-state index contributed by atoms with van der Waals surface area (Å²) in [6.45, 7) is 5.90. The summed E-state index contributed by atoms with van der Waals surface area (Å²) in [4.78, 5) is 38.2. The summed E-state index contributed by atoms with van der Waals surface area (Å²) in [5.74, 6) is -1.53. The number of nitrogens with zero attached hydrogens (tertiary/aromatic N) is 1. The molecule has 0 bridgehead atoms. The van der Waals surface area contributed by atoms with E-state index in [9.17, 15) is 18.8 Å². The molecule has 0 aliphatic carbocycles. The van der Waals surface area contributed by atoms with E-state index in [4.69, 9.17) is 9.47 Å². The molecule has 1 N–H and O–H groups in total. The number of rotatable bonds is 9. The molecule has 0 saturated carbocycles. The third-order valence-electron chi connectivity index (χ3n) is 4.25. The average molecular weight is 416 g/mol. The topological polar surface area (TPSA) is 84.9 Å². The number of halogens is 1. The zero-order chi connectivity index (χ0) is 22.1. The van der Waals surface area contributed by atoms with Crippen LogP contribution in [0.2, 0.25) is 0 Å². The van der Waals surface area contributed by atoms with E-state index < -0.39 is 30.4 Å². The van der Waals surface area contributed by atoms with Crippen molar-refractivity contribution in [1.29, 1.82) is 0 Å². The van der Waals surface area contributed by atoms with Crippen molar-refractivity contribution < 1.29 is 28.2 Å². The zero-order valence-electron chi connectivity index (χ0n) is 17.2. The molecule has 30 heavy (non-hydrogen) atoms. The fourth-order valence-electron chi connectivity index (χ4n) is 2.64. The largest absolute Gasteiger partial charge is 0.479 e. The monoisotopic (exact) mass is 416 g/mol. The molecule has 0 unspecified atom stereocenters. The molecule has 0 aliphatic heterocycles. The first-order valence-electron chi connectivity index (χ1n) is 9.62. The highest BCUT2D eigenvalue weighted by molar-refractivity contribution is 5.97. The van der Waals surface area contributed by atoms with Crippen LogP contribution in [0.3, 0.4) is 0 Å². The number of esters is 1. The number of benzene rings is 2. The van der Waals surface area contributed by atoms with E-state index >= 15 is 0 Å². The van der Waals surface area contributed by atoms with Crippen LogP contribution >= 0.6 is 0 Å². The molecule has 0 spiro atoms. The van der Waals surface area contributed by atoms with Gasteiger partial charge in [0.1, 0.15) is 11.6 Å². The Hall–Kier alpha value is -3.42. The van der Waals surface area contributed by atoms with E-state index in [1.54, 1.807) is 29.2 Å². The van der Waals surface area contributed by atoms with Crippen molar-refractivity contribution >= 4 is 23.5 Å². The fraction of sp³-hybridized carbons (Fsp3) is 0.318.